The lowest BCUT2D eigenvalue weighted by Gasteiger charge is -2.32. The predicted octanol–water partition coefficient (Wildman–Crippen LogP) is 5.07. The minimum Gasteiger partial charge on any atom is -0.478 e. The first-order valence-electron chi connectivity index (χ1n) is 11.7. The number of carboxylic acid groups (broad SMARTS) is 1. The van der Waals surface area contributed by atoms with Crippen LogP contribution in [0.2, 0.25) is 0 Å². The van der Waals surface area contributed by atoms with Gasteiger partial charge in [-0.3, -0.25) is 4.90 Å². The van der Waals surface area contributed by atoms with Crippen molar-refractivity contribution in [3.63, 3.8) is 0 Å². The van der Waals surface area contributed by atoms with E-state index in [1.54, 1.807) is 17.7 Å². The zero-order valence-corrected chi connectivity index (χ0v) is 18.5. The van der Waals surface area contributed by atoms with Crippen molar-refractivity contribution in [3.05, 3.63) is 76.9 Å². The van der Waals surface area contributed by atoms with E-state index in [0.717, 1.165) is 38.5 Å². The molecule has 2 N–H and O–H groups in total. The second kappa shape index (κ2) is 10.3. The fourth-order valence-electron chi connectivity index (χ4n) is 4.74. The quantitative estimate of drug-likeness (QED) is 0.597. The molecule has 0 unspecified atom stereocenters. The van der Waals surface area contributed by atoms with E-state index in [1.807, 2.05) is 12.1 Å². The number of nitrogens with zero attached hydrogens (tertiary/aromatic N) is 1. The number of carbonyl (C=O) groups is 1. The maximum Gasteiger partial charge on any atom is 0.335 e. The molecule has 2 atom stereocenters. The summed E-state index contributed by atoms with van der Waals surface area (Å²) in [6.45, 7) is 6.55. The first-order chi connectivity index (χ1) is 15.1. The molecule has 2 aromatic carbocycles. The highest BCUT2D eigenvalue weighted by molar-refractivity contribution is 5.87. The molecule has 1 heterocycles. The summed E-state index contributed by atoms with van der Waals surface area (Å²) in [4.78, 5) is 13.5. The number of benzene rings is 2. The number of likely N-dealkylation sites (tertiary alicyclic amines) is 1. The van der Waals surface area contributed by atoms with E-state index in [2.05, 4.69) is 53.5 Å². The van der Waals surface area contributed by atoms with Gasteiger partial charge < -0.3 is 10.4 Å². The Balaban J connectivity index is 1.18. The van der Waals surface area contributed by atoms with Crippen LogP contribution in [0.5, 0.6) is 0 Å². The van der Waals surface area contributed by atoms with Crippen LogP contribution in [0, 0.1) is 11.8 Å². The van der Waals surface area contributed by atoms with Gasteiger partial charge in [-0.25, -0.2) is 4.79 Å². The molecule has 1 aliphatic carbocycles. The SMILES string of the molecule is CC/C(=C\c1ccccc1)[C@@H]1C[C@H]1NCC1CCN(Cc2ccc(C(=O)O)cc2)CC1. The van der Waals surface area contributed by atoms with Crippen molar-refractivity contribution >= 4 is 12.0 Å². The average molecular weight is 419 g/mol. The van der Waals surface area contributed by atoms with Gasteiger partial charge in [0.1, 0.15) is 0 Å². The van der Waals surface area contributed by atoms with Gasteiger partial charge in [0.2, 0.25) is 0 Å². The average Bonchev–Trinajstić information content (AvgIpc) is 3.57. The number of hydrogen-bond acceptors (Lipinski definition) is 3. The number of hydrogen-bond donors (Lipinski definition) is 2. The lowest BCUT2D eigenvalue weighted by molar-refractivity contribution is 0.0697. The summed E-state index contributed by atoms with van der Waals surface area (Å²) in [5.74, 6) is 0.605. The van der Waals surface area contributed by atoms with Crippen LogP contribution < -0.4 is 5.32 Å². The molecule has 4 rings (SSSR count). The summed E-state index contributed by atoms with van der Waals surface area (Å²) in [5, 5.41) is 12.9. The van der Waals surface area contributed by atoms with Crippen LogP contribution in [0.4, 0.5) is 0 Å². The third kappa shape index (κ3) is 6.05. The van der Waals surface area contributed by atoms with Gasteiger partial charge in [0.05, 0.1) is 5.56 Å². The molecular formula is C27H34N2O2. The Morgan fingerprint density at radius 1 is 1.10 bits per heavy atom. The molecule has 2 aromatic rings. The van der Waals surface area contributed by atoms with E-state index in [1.165, 1.54) is 30.4 Å². The summed E-state index contributed by atoms with van der Waals surface area (Å²) in [7, 11) is 0. The van der Waals surface area contributed by atoms with Gasteiger partial charge in [0, 0.05) is 12.6 Å². The molecule has 0 aromatic heterocycles. The first kappa shape index (κ1) is 21.8. The van der Waals surface area contributed by atoms with Gasteiger partial charge >= 0.3 is 5.97 Å². The molecule has 1 aliphatic heterocycles. The third-order valence-electron chi connectivity index (χ3n) is 6.81. The molecule has 0 radical (unpaired) electrons. The van der Waals surface area contributed by atoms with Crippen LogP contribution in [-0.2, 0) is 6.54 Å². The minimum atomic E-state index is -0.862. The molecule has 2 fully saturated rings. The zero-order valence-electron chi connectivity index (χ0n) is 18.5. The number of piperidine rings is 1. The summed E-state index contributed by atoms with van der Waals surface area (Å²) in [6, 6.07) is 18.6. The maximum atomic E-state index is 11.0. The van der Waals surface area contributed by atoms with Gasteiger partial charge in [-0.15, -0.1) is 0 Å². The smallest absolute Gasteiger partial charge is 0.335 e. The van der Waals surface area contributed by atoms with Crippen molar-refractivity contribution < 1.29 is 9.90 Å². The van der Waals surface area contributed by atoms with Crippen molar-refractivity contribution in [2.45, 2.75) is 45.2 Å². The number of rotatable bonds is 9. The van der Waals surface area contributed by atoms with Crippen LogP contribution in [0.15, 0.2) is 60.2 Å². The molecule has 4 heteroatoms. The molecule has 31 heavy (non-hydrogen) atoms. The van der Waals surface area contributed by atoms with E-state index >= 15 is 0 Å². The zero-order chi connectivity index (χ0) is 21.6. The van der Waals surface area contributed by atoms with Crippen molar-refractivity contribution in [1.82, 2.24) is 10.2 Å². The summed E-state index contributed by atoms with van der Waals surface area (Å²) < 4.78 is 0. The monoisotopic (exact) mass is 418 g/mol. The van der Waals surface area contributed by atoms with Gasteiger partial charge in [0.25, 0.3) is 0 Å². The maximum absolute atomic E-state index is 11.0. The van der Waals surface area contributed by atoms with Gasteiger partial charge in [0.15, 0.2) is 0 Å². The van der Waals surface area contributed by atoms with Crippen LogP contribution >= 0.6 is 0 Å². The Morgan fingerprint density at radius 3 is 2.45 bits per heavy atom. The molecule has 164 valence electrons. The van der Waals surface area contributed by atoms with Crippen LogP contribution in [0.1, 0.15) is 54.1 Å². The summed E-state index contributed by atoms with van der Waals surface area (Å²) in [6.07, 6.45) is 7.26. The van der Waals surface area contributed by atoms with E-state index in [0.29, 0.717) is 17.5 Å². The second-order valence-electron chi connectivity index (χ2n) is 9.06. The molecule has 0 spiro atoms. The Bertz CT molecular complexity index is 883. The normalized spacial score (nSPS) is 22.4. The van der Waals surface area contributed by atoms with Crippen LogP contribution in [0.25, 0.3) is 6.08 Å². The number of carboxylic acids is 1. The van der Waals surface area contributed by atoms with E-state index in [-0.39, 0.29) is 0 Å². The van der Waals surface area contributed by atoms with Gasteiger partial charge in [-0.2, -0.15) is 0 Å². The summed E-state index contributed by atoms with van der Waals surface area (Å²) >= 11 is 0. The third-order valence-corrected chi connectivity index (χ3v) is 6.81. The highest BCUT2D eigenvalue weighted by Crippen LogP contribution is 2.40. The van der Waals surface area contributed by atoms with Crippen molar-refractivity contribution in [1.29, 1.82) is 0 Å². The standard InChI is InChI=1S/C27H34N2O2/c1-2-23(16-20-6-4-3-5-7-20)25-17-26(25)28-18-21-12-14-29(15-13-21)19-22-8-10-24(11-9-22)27(30)31/h3-11,16,21,25-26,28H,2,12-15,17-19H2,1H3,(H,30,31)/b23-16+/t25-,26+/m0/s1. The fourth-order valence-corrected chi connectivity index (χ4v) is 4.74. The topological polar surface area (TPSA) is 52.6 Å². The van der Waals surface area contributed by atoms with Crippen molar-refractivity contribution in [2.24, 2.45) is 11.8 Å². The fraction of sp³-hybridized carbons (Fsp3) is 0.444. The Morgan fingerprint density at radius 2 is 1.81 bits per heavy atom. The summed E-state index contributed by atoms with van der Waals surface area (Å²) in [5.41, 5.74) is 4.44. The Hall–Kier alpha value is -2.43. The molecule has 4 nitrogen and oxygen atoms in total. The molecular weight excluding hydrogens is 384 g/mol. The van der Waals surface area contributed by atoms with E-state index in [4.69, 9.17) is 5.11 Å². The minimum absolute atomic E-state index is 0.358. The first-order valence-corrected chi connectivity index (χ1v) is 11.7. The van der Waals surface area contributed by atoms with E-state index in [9.17, 15) is 4.79 Å². The number of aromatic carboxylic acids is 1. The van der Waals surface area contributed by atoms with Gasteiger partial charge in [-0.05, 0) is 80.4 Å². The molecule has 1 saturated heterocycles. The Kier molecular flexibility index (Phi) is 7.21. The predicted molar refractivity (Wildman–Crippen MR) is 126 cm³/mol. The Labute approximate surface area is 186 Å². The lowest BCUT2D eigenvalue weighted by Crippen LogP contribution is -2.37. The highest BCUT2D eigenvalue weighted by atomic mass is 16.4. The van der Waals surface area contributed by atoms with Crippen molar-refractivity contribution in [3.8, 4) is 0 Å². The molecule has 0 bridgehead atoms. The molecule has 1 saturated carbocycles. The second-order valence-corrected chi connectivity index (χ2v) is 9.06. The molecule has 2 aliphatic rings. The highest BCUT2D eigenvalue weighted by Gasteiger charge is 2.39. The lowest BCUT2D eigenvalue weighted by atomic mass is 9.96. The van der Waals surface area contributed by atoms with Crippen molar-refractivity contribution in [2.75, 3.05) is 19.6 Å². The van der Waals surface area contributed by atoms with E-state index < -0.39 is 5.97 Å². The van der Waals surface area contributed by atoms with Gasteiger partial charge in [-0.1, -0.05) is 61.0 Å². The largest absolute Gasteiger partial charge is 0.478 e. The number of nitrogens with one attached hydrogen (secondary N) is 1. The van der Waals surface area contributed by atoms with Crippen LogP contribution in [0.3, 0.4) is 0 Å². The molecule has 0 amide bonds. The van der Waals surface area contributed by atoms with Crippen LogP contribution in [-0.4, -0.2) is 41.7 Å².